The second-order valence-electron chi connectivity index (χ2n) is 15.6. The Morgan fingerprint density at radius 3 is 1.84 bits per heavy atom. The molecule has 0 N–H and O–H groups in total. The third-order valence-corrected chi connectivity index (χ3v) is 13.5. The largest absolute Gasteiger partial charge is 0.309 e. The topological polar surface area (TPSA) is 4.93 Å². The minimum atomic E-state index is 0.273. The molecular weight excluding hydrogens is 719 g/mol. The van der Waals surface area contributed by atoms with E-state index < -0.39 is 0 Å². The van der Waals surface area contributed by atoms with E-state index in [0.29, 0.717) is 0 Å². The number of rotatable bonds is 5. The summed E-state index contributed by atoms with van der Waals surface area (Å²) in [5.41, 5.74) is 18.0. The minimum absolute atomic E-state index is 0.273. The molecule has 0 bridgehead atoms. The van der Waals surface area contributed by atoms with Crippen LogP contribution in [0.1, 0.15) is 22.6 Å². The van der Waals surface area contributed by atoms with Gasteiger partial charge in [-0.25, -0.2) is 0 Å². The van der Waals surface area contributed by atoms with Crippen LogP contribution in [0.3, 0.4) is 0 Å². The molecule has 1 aliphatic carbocycles. The van der Waals surface area contributed by atoms with Crippen molar-refractivity contribution < 1.29 is 0 Å². The van der Waals surface area contributed by atoms with Crippen molar-refractivity contribution in [1.29, 1.82) is 0 Å². The number of para-hydroxylation sites is 1. The van der Waals surface area contributed by atoms with Crippen LogP contribution in [-0.2, 0) is 6.42 Å². The van der Waals surface area contributed by atoms with Crippen LogP contribution in [-0.4, -0.2) is 4.57 Å². The zero-order valence-corrected chi connectivity index (χ0v) is 32.6. The normalized spacial score (nSPS) is 13.6. The lowest BCUT2D eigenvalue weighted by Crippen LogP contribution is -2.13. The average Bonchev–Trinajstić information content (AvgIpc) is 3.84. The molecule has 2 aromatic heterocycles. The molecule has 1 aliphatic rings. The molecule has 12 rings (SSSR count). The van der Waals surface area contributed by atoms with E-state index in [1.54, 1.807) is 0 Å². The van der Waals surface area contributed by atoms with Crippen molar-refractivity contribution in [3.63, 3.8) is 0 Å². The van der Waals surface area contributed by atoms with Gasteiger partial charge in [0.15, 0.2) is 0 Å². The van der Waals surface area contributed by atoms with Crippen LogP contribution in [0.15, 0.2) is 206 Å². The van der Waals surface area contributed by atoms with Gasteiger partial charge in [0.1, 0.15) is 0 Å². The number of hydrogen-bond acceptors (Lipinski definition) is 1. The lowest BCUT2D eigenvalue weighted by Gasteiger charge is -2.29. The van der Waals surface area contributed by atoms with E-state index in [-0.39, 0.29) is 5.92 Å². The van der Waals surface area contributed by atoms with Gasteiger partial charge in [0, 0.05) is 36.9 Å². The van der Waals surface area contributed by atoms with Crippen molar-refractivity contribution in [2.45, 2.75) is 12.3 Å². The van der Waals surface area contributed by atoms with Gasteiger partial charge in [0.05, 0.1) is 16.7 Å². The van der Waals surface area contributed by atoms with Gasteiger partial charge in [0.2, 0.25) is 0 Å². The summed E-state index contributed by atoms with van der Waals surface area (Å²) in [6, 6.07) is 76.5. The Labute approximate surface area is 341 Å². The molecule has 0 saturated heterocycles. The summed E-state index contributed by atoms with van der Waals surface area (Å²) in [6.07, 6.45) is 0.990. The van der Waals surface area contributed by atoms with Crippen molar-refractivity contribution in [2.24, 2.45) is 0 Å². The SMILES string of the molecule is c1ccc(-c2cccc(-c3ccc(-c4cccc5sc6cccc(-n7c8ccccc8c8cc9c(cc87)[C@@H](c7ccccc7)Cc7ccccc7-9)c6c45)cc3)c2)cc1. The zero-order chi connectivity index (χ0) is 38.2. The van der Waals surface area contributed by atoms with Crippen molar-refractivity contribution in [2.75, 3.05) is 0 Å². The molecule has 0 saturated carbocycles. The van der Waals surface area contributed by atoms with E-state index in [9.17, 15) is 0 Å². The van der Waals surface area contributed by atoms with E-state index in [4.69, 9.17) is 0 Å². The molecule has 58 heavy (non-hydrogen) atoms. The Kier molecular flexibility index (Phi) is 7.61. The van der Waals surface area contributed by atoms with Crippen molar-refractivity contribution in [1.82, 2.24) is 4.57 Å². The number of hydrogen-bond donors (Lipinski definition) is 0. The van der Waals surface area contributed by atoms with Gasteiger partial charge in [0.25, 0.3) is 0 Å². The summed E-state index contributed by atoms with van der Waals surface area (Å²) in [5, 5.41) is 5.20. The summed E-state index contributed by atoms with van der Waals surface area (Å²) < 4.78 is 5.16. The maximum Gasteiger partial charge on any atom is 0.0555 e. The standard InChI is InChI=1S/C56H37NS/c1-3-14-36(15-4-1)40-19-11-20-41(32-40)37-28-30-39(31-29-37)44-23-12-26-53-55(44)56-51(25-13-27-54(56)58-53)57-50-24-10-9-22-45(50)49-34-47-43-21-8-7-18-42(43)33-46(48(47)35-52(49)57)38-16-5-2-6-17-38/h1-32,34-35,46H,33H2/t46-/m1/s1. The molecular formula is C56H37NS. The number of thiophene rings is 1. The Balaban J connectivity index is 1.06. The van der Waals surface area contributed by atoms with Crippen LogP contribution in [0.25, 0.3) is 92.2 Å². The highest BCUT2D eigenvalue weighted by atomic mass is 32.1. The van der Waals surface area contributed by atoms with Crippen LogP contribution < -0.4 is 0 Å². The van der Waals surface area contributed by atoms with Gasteiger partial charge < -0.3 is 4.57 Å². The van der Waals surface area contributed by atoms with Gasteiger partial charge in [-0.3, -0.25) is 0 Å². The summed E-state index contributed by atoms with van der Waals surface area (Å²) >= 11 is 1.89. The smallest absolute Gasteiger partial charge is 0.0555 e. The van der Waals surface area contributed by atoms with Crippen molar-refractivity contribution in [3.8, 4) is 50.2 Å². The second-order valence-corrected chi connectivity index (χ2v) is 16.7. The van der Waals surface area contributed by atoms with E-state index in [1.165, 1.54) is 109 Å². The molecule has 0 amide bonds. The third kappa shape index (κ3) is 5.22. The van der Waals surface area contributed by atoms with E-state index in [2.05, 4.69) is 211 Å². The molecule has 1 nitrogen and oxygen atoms in total. The van der Waals surface area contributed by atoms with Crippen LogP contribution >= 0.6 is 11.3 Å². The average molecular weight is 756 g/mol. The first kappa shape index (κ1) is 33.2. The fourth-order valence-electron chi connectivity index (χ4n) is 9.71. The molecule has 0 aliphatic heterocycles. The Morgan fingerprint density at radius 1 is 0.397 bits per heavy atom. The molecule has 0 radical (unpaired) electrons. The Morgan fingerprint density at radius 2 is 1.02 bits per heavy atom. The van der Waals surface area contributed by atoms with E-state index in [0.717, 1.165) is 6.42 Å². The molecule has 0 fully saturated rings. The van der Waals surface area contributed by atoms with Gasteiger partial charge >= 0.3 is 0 Å². The van der Waals surface area contributed by atoms with Gasteiger partial charge in [-0.05, 0) is 110 Å². The zero-order valence-electron chi connectivity index (χ0n) is 31.8. The molecule has 2 heterocycles. The molecule has 272 valence electrons. The quantitative estimate of drug-likeness (QED) is 0.165. The Bertz CT molecular complexity index is 3350. The van der Waals surface area contributed by atoms with Crippen molar-refractivity contribution >= 4 is 53.3 Å². The molecule has 0 spiro atoms. The molecule has 9 aromatic carbocycles. The summed E-state index contributed by atoms with van der Waals surface area (Å²) in [6.45, 7) is 0. The second kappa shape index (κ2) is 13.3. The van der Waals surface area contributed by atoms with Crippen LogP contribution in [0, 0.1) is 0 Å². The first-order valence-electron chi connectivity index (χ1n) is 20.2. The van der Waals surface area contributed by atoms with E-state index in [1.807, 2.05) is 11.3 Å². The monoisotopic (exact) mass is 755 g/mol. The molecule has 1 atom stereocenters. The first-order chi connectivity index (χ1) is 28.8. The Hall–Kier alpha value is -7.00. The predicted octanol–water partition coefficient (Wildman–Crippen LogP) is 15.5. The lowest BCUT2D eigenvalue weighted by molar-refractivity contribution is 0.795. The number of fused-ring (bicyclic) bond motifs is 9. The van der Waals surface area contributed by atoms with Crippen molar-refractivity contribution in [3.05, 3.63) is 223 Å². The molecule has 2 heteroatoms. The van der Waals surface area contributed by atoms with Crippen LogP contribution in [0.2, 0.25) is 0 Å². The van der Waals surface area contributed by atoms with Crippen LogP contribution in [0.4, 0.5) is 0 Å². The van der Waals surface area contributed by atoms with Gasteiger partial charge in [-0.15, -0.1) is 11.3 Å². The molecule has 11 aromatic rings. The summed E-state index contributed by atoms with van der Waals surface area (Å²) in [4.78, 5) is 0. The number of aromatic nitrogens is 1. The lowest BCUT2D eigenvalue weighted by atomic mass is 9.75. The fourth-order valence-corrected chi connectivity index (χ4v) is 10.9. The highest BCUT2D eigenvalue weighted by Crippen LogP contribution is 2.48. The fraction of sp³-hybridized carbons (Fsp3) is 0.0357. The molecule has 0 unspecified atom stereocenters. The third-order valence-electron chi connectivity index (χ3n) is 12.4. The maximum absolute atomic E-state index is 2.56. The predicted molar refractivity (Wildman–Crippen MR) is 247 cm³/mol. The number of nitrogens with zero attached hydrogens (tertiary/aromatic N) is 1. The summed E-state index contributed by atoms with van der Waals surface area (Å²) in [5.74, 6) is 0.273. The minimum Gasteiger partial charge on any atom is -0.309 e. The summed E-state index contributed by atoms with van der Waals surface area (Å²) in [7, 11) is 0. The maximum atomic E-state index is 2.56. The van der Waals surface area contributed by atoms with Crippen LogP contribution in [0.5, 0.6) is 0 Å². The highest BCUT2D eigenvalue weighted by Gasteiger charge is 2.28. The van der Waals surface area contributed by atoms with Gasteiger partial charge in [-0.1, -0.05) is 164 Å². The first-order valence-corrected chi connectivity index (χ1v) is 21.0. The van der Waals surface area contributed by atoms with E-state index >= 15 is 0 Å². The highest BCUT2D eigenvalue weighted by molar-refractivity contribution is 7.26. The number of benzene rings is 9. The van der Waals surface area contributed by atoms with Gasteiger partial charge in [-0.2, -0.15) is 0 Å².